The van der Waals surface area contributed by atoms with Gasteiger partial charge in [0.2, 0.25) is 0 Å². The molecule has 2 aromatic rings. The lowest BCUT2D eigenvalue weighted by Gasteiger charge is -2.04. The van der Waals surface area contributed by atoms with Crippen molar-refractivity contribution in [1.82, 2.24) is 20.4 Å². The van der Waals surface area contributed by atoms with Crippen molar-refractivity contribution in [3.63, 3.8) is 0 Å². The number of aromatic nitrogens is 3. The van der Waals surface area contributed by atoms with Gasteiger partial charge in [-0.05, 0) is 18.1 Å². The third kappa shape index (κ3) is 5.96. The summed E-state index contributed by atoms with van der Waals surface area (Å²) in [7, 11) is 0. The summed E-state index contributed by atoms with van der Waals surface area (Å²) in [6, 6.07) is 5.54. The molecule has 0 fully saturated rings. The van der Waals surface area contributed by atoms with Gasteiger partial charge >= 0.3 is 0 Å². The Morgan fingerprint density at radius 3 is 2.91 bits per heavy atom. The molecule has 0 bridgehead atoms. The molecule has 3 N–H and O–H groups in total. The molecule has 0 amide bonds. The lowest BCUT2D eigenvalue weighted by molar-refractivity contribution is 0.421. The van der Waals surface area contributed by atoms with Crippen molar-refractivity contribution < 1.29 is 4.52 Å². The van der Waals surface area contributed by atoms with E-state index < -0.39 is 0 Å². The lowest BCUT2D eigenvalue weighted by atomic mass is 10.2. The van der Waals surface area contributed by atoms with Crippen LogP contribution in [0.2, 0.25) is 0 Å². The number of aliphatic imine (C=N–C) groups is 1. The van der Waals surface area contributed by atoms with Crippen LogP contribution in [0.5, 0.6) is 0 Å². The molecule has 8 heteroatoms. The fraction of sp³-hybridized carbons (Fsp3) is 0.429. The number of hydrogen-bond acceptors (Lipinski definition) is 5. The number of halogens is 1. The molecule has 22 heavy (non-hydrogen) atoms. The van der Waals surface area contributed by atoms with Crippen molar-refractivity contribution in [3.05, 3.63) is 30.2 Å². The van der Waals surface area contributed by atoms with Crippen LogP contribution in [-0.2, 0) is 6.42 Å². The molecule has 0 unspecified atom stereocenters. The zero-order valence-electron chi connectivity index (χ0n) is 12.7. The van der Waals surface area contributed by atoms with Crippen molar-refractivity contribution in [1.29, 1.82) is 0 Å². The Balaban J connectivity index is 0.00000242. The Kier molecular flexibility index (Phi) is 7.78. The van der Waals surface area contributed by atoms with Crippen LogP contribution in [0.25, 0.3) is 11.6 Å². The normalized spacial score (nSPS) is 11.3. The molecule has 0 aromatic carbocycles. The van der Waals surface area contributed by atoms with Crippen LogP contribution in [0.1, 0.15) is 19.7 Å². The molecule has 0 saturated heterocycles. The molecule has 0 aliphatic rings. The van der Waals surface area contributed by atoms with Crippen LogP contribution in [0.3, 0.4) is 0 Å². The Morgan fingerprint density at radius 2 is 2.23 bits per heavy atom. The molecule has 2 rings (SSSR count). The van der Waals surface area contributed by atoms with E-state index in [1.807, 2.05) is 18.2 Å². The van der Waals surface area contributed by atoms with E-state index >= 15 is 0 Å². The summed E-state index contributed by atoms with van der Waals surface area (Å²) in [4.78, 5) is 12.7. The summed E-state index contributed by atoms with van der Waals surface area (Å²) in [5.74, 6) is 1.97. The van der Waals surface area contributed by atoms with Crippen molar-refractivity contribution in [3.8, 4) is 11.6 Å². The van der Waals surface area contributed by atoms with Crippen LogP contribution in [0.4, 0.5) is 0 Å². The summed E-state index contributed by atoms with van der Waals surface area (Å²) in [6.07, 6.45) is 2.29. The molecule has 2 heterocycles. The highest BCUT2D eigenvalue weighted by atomic mass is 127. The SMILES string of the molecule is CC(C)CN=C(N)NCCc1noc(-c2ccccn2)n1.I. The van der Waals surface area contributed by atoms with E-state index in [4.69, 9.17) is 10.3 Å². The Bertz CT molecular complexity index is 584. The molecule has 0 radical (unpaired) electrons. The average Bonchev–Trinajstić information content (AvgIpc) is 2.95. The summed E-state index contributed by atoms with van der Waals surface area (Å²) < 4.78 is 5.17. The zero-order valence-corrected chi connectivity index (χ0v) is 15.0. The molecule has 0 spiro atoms. The van der Waals surface area contributed by atoms with Gasteiger partial charge < -0.3 is 15.6 Å². The van der Waals surface area contributed by atoms with Crippen molar-refractivity contribution in [2.45, 2.75) is 20.3 Å². The molecule has 120 valence electrons. The Hall–Kier alpha value is -1.71. The lowest BCUT2D eigenvalue weighted by Crippen LogP contribution is -2.33. The average molecular weight is 416 g/mol. The van der Waals surface area contributed by atoms with Crippen LogP contribution in [-0.4, -0.2) is 34.2 Å². The maximum Gasteiger partial charge on any atom is 0.276 e. The molecule has 0 aliphatic carbocycles. The number of nitrogens with zero attached hydrogens (tertiary/aromatic N) is 4. The number of nitrogens with two attached hydrogens (primary N) is 1. The van der Waals surface area contributed by atoms with Crippen LogP contribution in [0.15, 0.2) is 33.9 Å². The minimum absolute atomic E-state index is 0. The standard InChI is InChI=1S/C14H20N6O.HI/c1-10(2)9-18-14(15)17-8-6-12-19-13(21-20-12)11-5-3-4-7-16-11;/h3-5,7,10H,6,8-9H2,1-2H3,(H3,15,17,18);1H. The van der Waals surface area contributed by atoms with Gasteiger partial charge in [-0.2, -0.15) is 4.98 Å². The molecule has 7 nitrogen and oxygen atoms in total. The highest BCUT2D eigenvalue weighted by Gasteiger charge is 2.09. The van der Waals surface area contributed by atoms with E-state index in [1.54, 1.807) is 6.20 Å². The highest BCUT2D eigenvalue weighted by Crippen LogP contribution is 2.12. The molecule has 0 atom stereocenters. The minimum atomic E-state index is 0. The quantitative estimate of drug-likeness (QED) is 0.424. The molecule has 2 aromatic heterocycles. The van der Waals surface area contributed by atoms with E-state index in [-0.39, 0.29) is 24.0 Å². The molecular weight excluding hydrogens is 395 g/mol. The Labute approximate surface area is 146 Å². The summed E-state index contributed by atoms with van der Waals surface area (Å²) >= 11 is 0. The van der Waals surface area contributed by atoms with Crippen LogP contribution in [0, 0.1) is 5.92 Å². The first-order chi connectivity index (χ1) is 10.1. The van der Waals surface area contributed by atoms with Gasteiger partial charge in [0, 0.05) is 25.7 Å². The number of guanidine groups is 1. The van der Waals surface area contributed by atoms with E-state index in [0.717, 1.165) is 0 Å². The van der Waals surface area contributed by atoms with Gasteiger partial charge in [-0.1, -0.05) is 25.1 Å². The molecular formula is C14H21IN6O. The summed E-state index contributed by atoms with van der Waals surface area (Å²) in [6.45, 7) is 5.50. The number of nitrogens with one attached hydrogen (secondary N) is 1. The van der Waals surface area contributed by atoms with Gasteiger partial charge in [-0.3, -0.25) is 9.98 Å². The number of pyridine rings is 1. The zero-order chi connectivity index (χ0) is 15.1. The maximum absolute atomic E-state index is 5.75. The van der Waals surface area contributed by atoms with Gasteiger partial charge in [0.15, 0.2) is 11.8 Å². The largest absolute Gasteiger partial charge is 0.370 e. The molecule has 0 saturated carbocycles. The fourth-order valence-electron chi connectivity index (χ4n) is 1.59. The van der Waals surface area contributed by atoms with Gasteiger partial charge in [0.1, 0.15) is 5.69 Å². The molecule has 0 aliphatic heterocycles. The van der Waals surface area contributed by atoms with Crippen molar-refractivity contribution >= 4 is 29.9 Å². The highest BCUT2D eigenvalue weighted by molar-refractivity contribution is 14.0. The second-order valence-electron chi connectivity index (χ2n) is 5.03. The summed E-state index contributed by atoms with van der Waals surface area (Å²) in [5.41, 5.74) is 6.42. The minimum Gasteiger partial charge on any atom is -0.370 e. The van der Waals surface area contributed by atoms with E-state index in [0.29, 0.717) is 48.8 Å². The van der Waals surface area contributed by atoms with Gasteiger partial charge in [0.25, 0.3) is 5.89 Å². The predicted octanol–water partition coefficient (Wildman–Crippen LogP) is 1.85. The van der Waals surface area contributed by atoms with Crippen LogP contribution < -0.4 is 11.1 Å². The van der Waals surface area contributed by atoms with Crippen LogP contribution >= 0.6 is 24.0 Å². The Morgan fingerprint density at radius 1 is 1.41 bits per heavy atom. The third-order valence-electron chi connectivity index (χ3n) is 2.63. The van der Waals surface area contributed by atoms with Gasteiger partial charge in [-0.15, -0.1) is 24.0 Å². The second kappa shape index (κ2) is 9.34. The van der Waals surface area contributed by atoms with Crippen molar-refractivity contribution in [2.24, 2.45) is 16.6 Å². The first-order valence-electron chi connectivity index (χ1n) is 6.93. The van der Waals surface area contributed by atoms with E-state index in [2.05, 4.69) is 39.3 Å². The first kappa shape index (κ1) is 18.3. The summed E-state index contributed by atoms with van der Waals surface area (Å²) in [5, 5.41) is 6.94. The topological polar surface area (TPSA) is 102 Å². The van der Waals surface area contributed by atoms with Gasteiger partial charge in [-0.25, -0.2) is 0 Å². The fourth-order valence-corrected chi connectivity index (χ4v) is 1.59. The monoisotopic (exact) mass is 416 g/mol. The third-order valence-corrected chi connectivity index (χ3v) is 2.63. The van der Waals surface area contributed by atoms with Crippen molar-refractivity contribution in [2.75, 3.05) is 13.1 Å². The maximum atomic E-state index is 5.75. The predicted molar refractivity (Wildman–Crippen MR) is 96.0 cm³/mol. The van der Waals surface area contributed by atoms with Gasteiger partial charge in [0.05, 0.1) is 0 Å². The van der Waals surface area contributed by atoms with E-state index in [1.165, 1.54) is 0 Å². The second-order valence-corrected chi connectivity index (χ2v) is 5.03. The number of rotatable bonds is 6. The smallest absolute Gasteiger partial charge is 0.276 e. The van der Waals surface area contributed by atoms with E-state index in [9.17, 15) is 0 Å². The number of hydrogen-bond donors (Lipinski definition) is 2. The first-order valence-corrected chi connectivity index (χ1v) is 6.93.